The lowest BCUT2D eigenvalue weighted by molar-refractivity contribution is -0.00720. The Morgan fingerprint density at radius 2 is 2.32 bits per heavy atom. The number of ether oxygens (including phenoxy) is 2. The molecule has 2 atom stereocenters. The summed E-state index contributed by atoms with van der Waals surface area (Å²) in [6.45, 7) is 5.52. The summed E-state index contributed by atoms with van der Waals surface area (Å²) in [5.41, 5.74) is 3.44. The van der Waals surface area contributed by atoms with Gasteiger partial charge in [-0.1, -0.05) is 0 Å². The molecule has 1 aliphatic rings. The number of aromatic amines is 1. The normalized spacial score (nSPS) is 19.7. The van der Waals surface area contributed by atoms with Gasteiger partial charge in [-0.3, -0.25) is 14.6 Å². The highest BCUT2D eigenvalue weighted by molar-refractivity contribution is 5.94. The van der Waals surface area contributed by atoms with Crippen LogP contribution in [-0.4, -0.2) is 57.7 Å². The van der Waals surface area contributed by atoms with Crippen molar-refractivity contribution in [2.24, 2.45) is 0 Å². The number of carbonyl (C=O) groups is 1. The van der Waals surface area contributed by atoms with E-state index in [2.05, 4.69) is 15.3 Å². The van der Waals surface area contributed by atoms with Gasteiger partial charge in [-0.2, -0.15) is 10.2 Å². The second-order valence-electron chi connectivity index (χ2n) is 6.49. The molecule has 0 fully saturated rings. The van der Waals surface area contributed by atoms with Gasteiger partial charge in [0.1, 0.15) is 5.69 Å². The minimum Gasteiger partial charge on any atom is -0.383 e. The van der Waals surface area contributed by atoms with Crippen LogP contribution in [0.1, 0.15) is 47.3 Å². The molecular formula is C17H25N5O3. The summed E-state index contributed by atoms with van der Waals surface area (Å²) in [6.07, 6.45) is 4.15. The lowest BCUT2D eigenvalue weighted by Crippen LogP contribution is -2.31. The first-order chi connectivity index (χ1) is 12.0. The summed E-state index contributed by atoms with van der Waals surface area (Å²) in [6, 6.07) is 0. The van der Waals surface area contributed by atoms with E-state index in [0.717, 1.165) is 16.8 Å². The van der Waals surface area contributed by atoms with Crippen molar-refractivity contribution in [2.45, 2.75) is 45.6 Å². The lowest BCUT2D eigenvalue weighted by Gasteiger charge is -2.25. The molecule has 3 heterocycles. The number of carbonyl (C=O) groups excluding carboxylic acids is 1. The molecule has 8 heteroatoms. The van der Waals surface area contributed by atoms with Crippen LogP contribution >= 0.6 is 0 Å². The topological polar surface area (TPSA) is 85.3 Å². The van der Waals surface area contributed by atoms with Gasteiger partial charge >= 0.3 is 0 Å². The zero-order valence-electron chi connectivity index (χ0n) is 15.2. The third-order valence-electron chi connectivity index (χ3n) is 4.43. The molecule has 0 spiro atoms. The average molecular weight is 347 g/mol. The van der Waals surface area contributed by atoms with Crippen molar-refractivity contribution in [3.05, 3.63) is 34.9 Å². The fraction of sp³-hybridized carbons (Fsp3) is 0.588. The molecular weight excluding hydrogens is 322 g/mol. The number of rotatable bonds is 6. The first kappa shape index (κ1) is 17.6. The molecule has 0 saturated heterocycles. The number of hydrogen-bond acceptors (Lipinski definition) is 5. The molecule has 1 amide bonds. The van der Waals surface area contributed by atoms with Crippen molar-refractivity contribution in [1.82, 2.24) is 24.9 Å². The summed E-state index contributed by atoms with van der Waals surface area (Å²) >= 11 is 0. The molecule has 0 radical (unpaired) electrons. The van der Waals surface area contributed by atoms with Gasteiger partial charge in [-0.25, -0.2) is 0 Å². The van der Waals surface area contributed by atoms with E-state index in [1.54, 1.807) is 36.1 Å². The van der Waals surface area contributed by atoms with Crippen LogP contribution in [0.25, 0.3) is 0 Å². The minimum absolute atomic E-state index is 0.0487. The van der Waals surface area contributed by atoms with Gasteiger partial charge < -0.3 is 14.4 Å². The van der Waals surface area contributed by atoms with E-state index in [4.69, 9.17) is 9.47 Å². The number of aromatic nitrogens is 4. The smallest absolute Gasteiger partial charge is 0.272 e. The van der Waals surface area contributed by atoms with E-state index < -0.39 is 0 Å². The fourth-order valence-corrected chi connectivity index (χ4v) is 3.26. The van der Waals surface area contributed by atoms with Gasteiger partial charge in [0.2, 0.25) is 0 Å². The van der Waals surface area contributed by atoms with E-state index in [9.17, 15) is 4.79 Å². The zero-order chi connectivity index (χ0) is 18.0. The summed E-state index contributed by atoms with van der Waals surface area (Å²) in [7, 11) is 3.44. The Hall–Kier alpha value is -2.19. The Kier molecular flexibility index (Phi) is 5.19. The number of hydrogen-bond donors (Lipinski definition) is 1. The second-order valence-corrected chi connectivity index (χ2v) is 6.49. The summed E-state index contributed by atoms with van der Waals surface area (Å²) < 4.78 is 12.8. The molecule has 8 nitrogen and oxygen atoms in total. The third kappa shape index (κ3) is 3.59. The number of methoxy groups -OCH3 is 1. The standard InChI is InChI=1S/C17H25N5O3/c1-11-7-14-15(12(2)25-11)20-22(5-6-24-4)16(14)17(23)21(3)10-13-8-18-19-9-13/h8-9,11-12H,5-7,10H2,1-4H3,(H,18,19)/t11-,12+/m0/s1. The summed E-state index contributed by atoms with van der Waals surface area (Å²) in [5.74, 6) is -0.0487. The number of amides is 1. The van der Waals surface area contributed by atoms with Crippen LogP contribution in [-0.2, 0) is 29.0 Å². The van der Waals surface area contributed by atoms with Gasteiger partial charge in [0.25, 0.3) is 5.91 Å². The van der Waals surface area contributed by atoms with E-state index in [1.807, 2.05) is 13.8 Å². The third-order valence-corrected chi connectivity index (χ3v) is 4.43. The number of nitrogens with one attached hydrogen (secondary N) is 1. The van der Waals surface area contributed by atoms with Crippen LogP contribution < -0.4 is 0 Å². The molecule has 0 aliphatic carbocycles. The van der Waals surface area contributed by atoms with Crippen LogP contribution in [0.2, 0.25) is 0 Å². The van der Waals surface area contributed by atoms with Gasteiger partial charge in [0.05, 0.1) is 37.3 Å². The Morgan fingerprint density at radius 3 is 3.00 bits per heavy atom. The maximum absolute atomic E-state index is 13.2. The molecule has 25 heavy (non-hydrogen) atoms. The van der Waals surface area contributed by atoms with Crippen LogP contribution in [0.3, 0.4) is 0 Å². The maximum atomic E-state index is 13.2. The average Bonchev–Trinajstić information content (AvgIpc) is 3.19. The molecule has 2 aromatic rings. The Balaban J connectivity index is 1.93. The molecule has 0 aromatic carbocycles. The highest BCUT2D eigenvalue weighted by Crippen LogP contribution is 2.32. The number of nitrogens with zero attached hydrogens (tertiary/aromatic N) is 4. The van der Waals surface area contributed by atoms with Crippen molar-refractivity contribution in [3.8, 4) is 0 Å². The van der Waals surface area contributed by atoms with Crippen LogP contribution in [0, 0.1) is 0 Å². The van der Waals surface area contributed by atoms with Gasteiger partial charge in [0.15, 0.2) is 0 Å². The molecule has 2 aromatic heterocycles. The Bertz CT molecular complexity index is 725. The van der Waals surface area contributed by atoms with Crippen molar-refractivity contribution in [1.29, 1.82) is 0 Å². The summed E-state index contributed by atoms with van der Waals surface area (Å²) in [5, 5.41) is 11.4. The monoisotopic (exact) mass is 347 g/mol. The first-order valence-corrected chi connectivity index (χ1v) is 8.48. The molecule has 136 valence electrons. The largest absolute Gasteiger partial charge is 0.383 e. The quantitative estimate of drug-likeness (QED) is 0.857. The second kappa shape index (κ2) is 7.37. The molecule has 3 rings (SSSR count). The van der Waals surface area contributed by atoms with Crippen molar-refractivity contribution >= 4 is 5.91 Å². The van der Waals surface area contributed by atoms with Crippen molar-refractivity contribution in [3.63, 3.8) is 0 Å². The van der Waals surface area contributed by atoms with Crippen LogP contribution in [0.4, 0.5) is 0 Å². The minimum atomic E-state index is -0.117. The lowest BCUT2D eigenvalue weighted by atomic mass is 9.99. The summed E-state index contributed by atoms with van der Waals surface area (Å²) in [4.78, 5) is 14.8. The maximum Gasteiger partial charge on any atom is 0.272 e. The van der Waals surface area contributed by atoms with Gasteiger partial charge in [0, 0.05) is 44.4 Å². The van der Waals surface area contributed by atoms with Gasteiger partial charge in [-0.05, 0) is 13.8 Å². The molecule has 1 N–H and O–H groups in total. The molecule has 0 unspecified atom stereocenters. The van der Waals surface area contributed by atoms with E-state index in [-0.39, 0.29) is 18.1 Å². The molecule has 1 aliphatic heterocycles. The van der Waals surface area contributed by atoms with E-state index >= 15 is 0 Å². The predicted octanol–water partition coefficient (Wildman–Crippen LogP) is 1.55. The van der Waals surface area contributed by atoms with Gasteiger partial charge in [-0.15, -0.1) is 0 Å². The Morgan fingerprint density at radius 1 is 1.52 bits per heavy atom. The predicted molar refractivity (Wildman–Crippen MR) is 91.2 cm³/mol. The van der Waals surface area contributed by atoms with E-state index in [1.165, 1.54) is 0 Å². The highest BCUT2D eigenvalue weighted by Gasteiger charge is 2.33. The molecule has 0 bridgehead atoms. The van der Waals surface area contributed by atoms with Crippen LogP contribution in [0.15, 0.2) is 12.4 Å². The number of H-pyrrole nitrogens is 1. The highest BCUT2D eigenvalue weighted by atomic mass is 16.5. The molecule has 0 saturated carbocycles. The SMILES string of the molecule is COCCn1nc2c(c1C(=O)N(C)Cc1cn[nH]c1)C[C@H](C)O[C@@H]2C. The van der Waals surface area contributed by atoms with Crippen molar-refractivity contribution in [2.75, 3.05) is 20.8 Å². The van der Waals surface area contributed by atoms with Crippen molar-refractivity contribution < 1.29 is 14.3 Å². The van der Waals surface area contributed by atoms with E-state index in [0.29, 0.717) is 31.8 Å². The first-order valence-electron chi connectivity index (χ1n) is 8.48. The fourth-order valence-electron chi connectivity index (χ4n) is 3.26. The zero-order valence-corrected chi connectivity index (χ0v) is 15.2. The Labute approximate surface area is 147 Å². The van der Waals surface area contributed by atoms with Crippen LogP contribution in [0.5, 0.6) is 0 Å². The number of fused-ring (bicyclic) bond motifs is 1.